The number of para-hydroxylation sites is 1. The molecule has 0 aliphatic carbocycles. The van der Waals surface area contributed by atoms with Gasteiger partial charge in [-0.15, -0.1) is 10.2 Å². The molecule has 2 aromatic rings. The summed E-state index contributed by atoms with van der Waals surface area (Å²) in [5, 5.41) is 13.3. The summed E-state index contributed by atoms with van der Waals surface area (Å²) in [4.78, 5) is 38.5. The summed E-state index contributed by atoms with van der Waals surface area (Å²) < 4.78 is 5.31. The van der Waals surface area contributed by atoms with Crippen molar-refractivity contribution in [1.29, 1.82) is 0 Å². The van der Waals surface area contributed by atoms with E-state index in [0.717, 1.165) is 0 Å². The maximum Gasteiger partial charge on any atom is 0.311 e. The number of hydrogen-bond donors (Lipinski definition) is 2. The van der Waals surface area contributed by atoms with Crippen LogP contribution in [0.3, 0.4) is 0 Å². The molecule has 0 aliphatic rings. The molecule has 2 amide bonds. The first-order valence-corrected chi connectivity index (χ1v) is 8.66. The van der Waals surface area contributed by atoms with Gasteiger partial charge in [-0.05, 0) is 30.7 Å². The zero-order valence-corrected chi connectivity index (χ0v) is 15.9. The van der Waals surface area contributed by atoms with E-state index in [1.54, 1.807) is 30.3 Å². The van der Waals surface area contributed by atoms with Crippen LogP contribution < -0.4 is 15.4 Å². The topological polar surface area (TPSA) is 122 Å². The van der Waals surface area contributed by atoms with Crippen LogP contribution in [0.15, 0.2) is 46.6 Å². The average Bonchev–Trinajstić information content (AvgIpc) is 2.61. The predicted molar refractivity (Wildman–Crippen MR) is 104 cm³/mol. The Balaban J connectivity index is 2.31. The lowest BCUT2D eigenvalue weighted by Gasteiger charge is -2.08. The number of anilines is 2. The summed E-state index contributed by atoms with van der Waals surface area (Å²) in [6.45, 7) is 4.56. The minimum absolute atomic E-state index is 0.142. The molecule has 1 aromatic heterocycles. The third kappa shape index (κ3) is 6.27. The van der Waals surface area contributed by atoms with Gasteiger partial charge in [0.15, 0.2) is 11.6 Å². The Morgan fingerprint density at radius 1 is 0.964 bits per heavy atom. The van der Waals surface area contributed by atoms with Crippen LogP contribution in [0, 0.1) is 0 Å². The number of nitrogens with one attached hydrogen (secondary N) is 2. The summed E-state index contributed by atoms with van der Waals surface area (Å²) in [6.07, 6.45) is 0.974. The summed E-state index contributed by atoms with van der Waals surface area (Å²) >= 11 is 0. The molecule has 2 rings (SSSR count). The minimum Gasteiger partial charge on any atom is -0.424 e. The second-order valence-electron chi connectivity index (χ2n) is 5.82. The largest absolute Gasteiger partial charge is 0.424 e. The van der Waals surface area contributed by atoms with Crippen molar-refractivity contribution in [2.24, 2.45) is 10.2 Å². The van der Waals surface area contributed by atoms with Crippen molar-refractivity contribution >= 4 is 40.8 Å². The fourth-order valence-electron chi connectivity index (χ4n) is 2.15. The molecule has 1 aromatic carbocycles. The first kappa shape index (κ1) is 20.7. The molecule has 0 atom stereocenters. The first-order chi connectivity index (χ1) is 13.4. The molecule has 146 valence electrons. The van der Waals surface area contributed by atoms with Gasteiger partial charge in [0.25, 0.3) is 0 Å². The molecule has 9 heteroatoms. The van der Waals surface area contributed by atoms with Crippen LogP contribution in [0.1, 0.15) is 33.6 Å². The number of rotatable bonds is 7. The van der Waals surface area contributed by atoms with Gasteiger partial charge < -0.3 is 15.4 Å². The Hall–Kier alpha value is -3.62. The molecule has 28 heavy (non-hydrogen) atoms. The summed E-state index contributed by atoms with van der Waals surface area (Å²) in [5.41, 5.74) is 0.630. The Labute approximate surface area is 162 Å². The number of benzene rings is 1. The molecule has 9 nitrogen and oxygen atoms in total. The van der Waals surface area contributed by atoms with Crippen LogP contribution >= 0.6 is 0 Å². The molecular formula is C19H21N5O4. The highest BCUT2D eigenvalue weighted by atomic mass is 16.5. The molecule has 2 N–H and O–H groups in total. The minimum atomic E-state index is -0.356. The predicted octanol–water partition coefficient (Wildman–Crippen LogP) is 4.12. The van der Waals surface area contributed by atoms with Gasteiger partial charge in [-0.2, -0.15) is 0 Å². The number of ether oxygens (including phenoxy) is 1. The molecule has 1 heterocycles. The number of esters is 1. The third-order valence-electron chi connectivity index (χ3n) is 3.28. The zero-order chi connectivity index (χ0) is 20.5. The smallest absolute Gasteiger partial charge is 0.311 e. The van der Waals surface area contributed by atoms with Gasteiger partial charge >= 0.3 is 5.97 Å². The highest BCUT2D eigenvalue weighted by molar-refractivity contribution is 5.92. The van der Waals surface area contributed by atoms with Crippen molar-refractivity contribution in [3.8, 4) is 5.75 Å². The lowest BCUT2D eigenvalue weighted by Crippen LogP contribution is -2.11. The lowest BCUT2D eigenvalue weighted by molar-refractivity contribution is -0.134. The number of amides is 2. The van der Waals surface area contributed by atoms with E-state index in [1.807, 2.05) is 6.92 Å². The van der Waals surface area contributed by atoms with E-state index in [4.69, 9.17) is 4.74 Å². The molecule has 0 unspecified atom stereocenters. The van der Waals surface area contributed by atoms with Gasteiger partial charge in [0.2, 0.25) is 11.8 Å². The standard InChI is InChI=1S/C19H21N5O4/c1-4-7-18(27)28-16-9-6-5-8-14(16)23-24-15-10-11-17(20-12(2)25)22-19(15)21-13(3)26/h5-6,8-11H,4,7H2,1-3H3,(H2,20,21,22,25,26). The Kier molecular flexibility index (Phi) is 7.32. The highest BCUT2D eigenvalue weighted by Crippen LogP contribution is 2.31. The van der Waals surface area contributed by atoms with Crippen LogP contribution in [0.2, 0.25) is 0 Å². The van der Waals surface area contributed by atoms with E-state index in [9.17, 15) is 14.4 Å². The number of hydrogen-bond acceptors (Lipinski definition) is 7. The van der Waals surface area contributed by atoms with E-state index in [1.165, 1.54) is 19.9 Å². The fraction of sp³-hybridized carbons (Fsp3) is 0.263. The Bertz CT molecular complexity index is 911. The molecule has 0 fully saturated rings. The zero-order valence-electron chi connectivity index (χ0n) is 15.9. The SMILES string of the molecule is CCCC(=O)Oc1ccccc1N=Nc1ccc(NC(C)=O)nc1NC(C)=O. The van der Waals surface area contributed by atoms with Crippen molar-refractivity contribution in [2.75, 3.05) is 10.6 Å². The van der Waals surface area contributed by atoms with E-state index in [2.05, 4.69) is 25.8 Å². The van der Waals surface area contributed by atoms with E-state index in [-0.39, 0.29) is 40.9 Å². The number of carbonyl (C=O) groups excluding carboxylic acids is 3. The molecule has 0 saturated carbocycles. The van der Waals surface area contributed by atoms with Gasteiger partial charge in [-0.1, -0.05) is 19.1 Å². The Morgan fingerprint density at radius 2 is 1.64 bits per heavy atom. The summed E-state index contributed by atoms with van der Waals surface area (Å²) in [5.74, 6) is -0.303. The molecule has 0 aliphatic heterocycles. The van der Waals surface area contributed by atoms with E-state index >= 15 is 0 Å². The highest BCUT2D eigenvalue weighted by Gasteiger charge is 2.10. The maximum atomic E-state index is 11.8. The quantitative estimate of drug-likeness (QED) is 0.423. The fourth-order valence-corrected chi connectivity index (χ4v) is 2.15. The molecular weight excluding hydrogens is 362 g/mol. The first-order valence-electron chi connectivity index (χ1n) is 8.66. The van der Waals surface area contributed by atoms with E-state index in [0.29, 0.717) is 18.5 Å². The van der Waals surface area contributed by atoms with Crippen molar-refractivity contribution in [3.05, 3.63) is 36.4 Å². The van der Waals surface area contributed by atoms with Crippen molar-refractivity contribution in [2.45, 2.75) is 33.6 Å². The van der Waals surface area contributed by atoms with Crippen LogP contribution in [0.5, 0.6) is 5.75 Å². The molecule has 0 bridgehead atoms. The number of carbonyl (C=O) groups is 3. The van der Waals surface area contributed by atoms with Gasteiger partial charge in [0, 0.05) is 20.3 Å². The van der Waals surface area contributed by atoms with Gasteiger partial charge in [0.1, 0.15) is 17.2 Å². The molecule has 0 saturated heterocycles. The number of azo groups is 1. The van der Waals surface area contributed by atoms with Crippen LogP contribution in [0.4, 0.5) is 23.0 Å². The maximum absolute atomic E-state index is 11.8. The summed E-state index contributed by atoms with van der Waals surface area (Å²) in [6, 6.07) is 9.81. The van der Waals surface area contributed by atoms with Crippen molar-refractivity contribution in [3.63, 3.8) is 0 Å². The number of aromatic nitrogens is 1. The lowest BCUT2D eigenvalue weighted by atomic mass is 10.3. The second kappa shape index (κ2) is 9.91. The number of pyridine rings is 1. The van der Waals surface area contributed by atoms with Crippen molar-refractivity contribution in [1.82, 2.24) is 4.98 Å². The van der Waals surface area contributed by atoms with Crippen LogP contribution in [-0.4, -0.2) is 22.8 Å². The number of nitrogens with zero attached hydrogens (tertiary/aromatic N) is 3. The van der Waals surface area contributed by atoms with Crippen LogP contribution in [-0.2, 0) is 14.4 Å². The van der Waals surface area contributed by atoms with E-state index < -0.39 is 0 Å². The Morgan fingerprint density at radius 3 is 2.32 bits per heavy atom. The monoisotopic (exact) mass is 383 g/mol. The second-order valence-corrected chi connectivity index (χ2v) is 5.82. The average molecular weight is 383 g/mol. The third-order valence-corrected chi connectivity index (χ3v) is 3.28. The van der Waals surface area contributed by atoms with Gasteiger partial charge in [-0.3, -0.25) is 14.4 Å². The normalized spacial score (nSPS) is 10.5. The summed E-state index contributed by atoms with van der Waals surface area (Å²) in [7, 11) is 0. The van der Waals surface area contributed by atoms with Gasteiger partial charge in [-0.25, -0.2) is 4.98 Å². The molecule has 0 radical (unpaired) electrons. The van der Waals surface area contributed by atoms with Gasteiger partial charge in [0.05, 0.1) is 0 Å². The van der Waals surface area contributed by atoms with Crippen molar-refractivity contribution < 1.29 is 19.1 Å². The molecule has 0 spiro atoms. The van der Waals surface area contributed by atoms with Crippen LogP contribution in [0.25, 0.3) is 0 Å².